The zero-order valence-electron chi connectivity index (χ0n) is 42.8. The zero-order chi connectivity index (χ0) is 51.1. The molecule has 2 heteroatoms. The fourth-order valence-corrected chi connectivity index (χ4v) is 19.4. The van der Waals surface area contributed by atoms with Crippen molar-refractivity contribution in [1.82, 2.24) is 0 Å². The first kappa shape index (κ1) is 45.1. The first-order chi connectivity index (χ1) is 38.1. The number of benzene rings is 12. The number of anilines is 3. The second-order valence-corrected chi connectivity index (χ2v) is 24.9. The molecule has 3 aliphatic rings. The van der Waals surface area contributed by atoms with Crippen LogP contribution in [0, 0.1) is 0 Å². The van der Waals surface area contributed by atoms with Crippen LogP contribution in [-0.4, -0.2) is 8.07 Å². The monoisotopic (exact) mass is 995 g/mol. The molecule has 0 N–H and O–H groups in total. The highest BCUT2D eigenvalue weighted by molar-refractivity contribution is 7.22. The van der Waals surface area contributed by atoms with Crippen molar-refractivity contribution in [2.75, 3.05) is 4.90 Å². The van der Waals surface area contributed by atoms with Crippen LogP contribution >= 0.6 is 0 Å². The zero-order valence-corrected chi connectivity index (χ0v) is 43.8. The van der Waals surface area contributed by atoms with Crippen LogP contribution in [-0.2, 0) is 10.8 Å². The Bertz CT molecular complexity index is 4140. The summed E-state index contributed by atoms with van der Waals surface area (Å²) in [5, 5.41) is 5.63. The third-order valence-electron chi connectivity index (χ3n) is 17.5. The van der Waals surface area contributed by atoms with Crippen molar-refractivity contribution in [1.29, 1.82) is 0 Å². The highest BCUT2D eigenvalue weighted by atomic mass is 28.3. The van der Waals surface area contributed by atoms with Crippen LogP contribution in [0.25, 0.3) is 44.5 Å². The topological polar surface area (TPSA) is 3.24 Å². The molecule has 15 rings (SSSR count). The van der Waals surface area contributed by atoms with Gasteiger partial charge in [-0.15, -0.1) is 0 Å². The normalized spacial score (nSPS) is 15.6. The predicted octanol–water partition coefficient (Wildman–Crippen LogP) is 15.9. The highest BCUT2D eigenvalue weighted by Gasteiger charge is 2.49. The summed E-state index contributed by atoms with van der Waals surface area (Å²) in [5.41, 5.74) is 21.8. The second-order valence-electron chi connectivity index (χ2n) is 21.2. The molecule has 0 radical (unpaired) electrons. The summed E-state index contributed by atoms with van der Waals surface area (Å²) in [6.07, 6.45) is 0. The standard InChI is InChI=1S/C75H53NSi/c1-74(54-23-6-2-7-24-54)68-37-18-14-33-62(68)64-48-46-59(51-70(64)74)76(58-29-22-32-61(50-58)77(60-30-12-5-13-31-60)72-39-20-16-35-66(72)67-36-17-21-40-73(67)77)57-44-41-52(42-45-57)53-43-47-65-63-34-15-19-38-69(63)75(71(65)49-53,55-25-8-3-9-26-55)56-27-10-4-11-28-56/h2-51H,1H3. The molecule has 0 fully saturated rings. The molecule has 1 nitrogen and oxygen atoms in total. The van der Waals surface area contributed by atoms with Gasteiger partial charge in [0, 0.05) is 22.5 Å². The van der Waals surface area contributed by atoms with E-state index >= 15 is 0 Å². The molecule has 1 aliphatic heterocycles. The van der Waals surface area contributed by atoms with Gasteiger partial charge in [-0.2, -0.15) is 0 Å². The van der Waals surface area contributed by atoms with Crippen LogP contribution in [0.15, 0.2) is 303 Å². The summed E-state index contributed by atoms with van der Waals surface area (Å²) in [5.74, 6) is 0. The van der Waals surface area contributed by atoms with Crippen LogP contribution in [0.1, 0.15) is 45.9 Å². The Labute approximate surface area is 452 Å². The molecular formula is C75H53NSi. The summed E-state index contributed by atoms with van der Waals surface area (Å²) in [4.78, 5) is 2.51. The molecule has 0 bridgehead atoms. The van der Waals surface area contributed by atoms with Gasteiger partial charge in [-0.25, -0.2) is 0 Å². The number of fused-ring (bicyclic) bond motifs is 9. The van der Waals surface area contributed by atoms with Gasteiger partial charge in [0.2, 0.25) is 0 Å². The van der Waals surface area contributed by atoms with Gasteiger partial charge in [0.15, 0.2) is 8.07 Å². The number of nitrogens with zero attached hydrogens (tertiary/aromatic N) is 1. The van der Waals surface area contributed by atoms with E-state index in [2.05, 4.69) is 315 Å². The Kier molecular flexibility index (Phi) is 10.3. The summed E-state index contributed by atoms with van der Waals surface area (Å²) < 4.78 is 0. The summed E-state index contributed by atoms with van der Waals surface area (Å²) >= 11 is 0. The lowest BCUT2D eigenvalue weighted by Crippen LogP contribution is -2.72. The first-order valence-electron chi connectivity index (χ1n) is 27.0. The van der Waals surface area contributed by atoms with E-state index in [0.717, 1.165) is 17.1 Å². The van der Waals surface area contributed by atoms with Crippen molar-refractivity contribution in [2.45, 2.75) is 17.8 Å². The van der Waals surface area contributed by atoms with E-state index in [-0.39, 0.29) is 5.41 Å². The van der Waals surface area contributed by atoms with Crippen LogP contribution < -0.4 is 25.6 Å². The van der Waals surface area contributed by atoms with Gasteiger partial charge in [0.25, 0.3) is 0 Å². The van der Waals surface area contributed by atoms with Crippen LogP contribution in [0.3, 0.4) is 0 Å². The molecule has 0 amide bonds. The smallest absolute Gasteiger partial charge is 0.180 e. The lowest BCUT2D eigenvalue weighted by Gasteiger charge is -2.34. The lowest BCUT2D eigenvalue weighted by atomic mass is 9.67. The van der Waals surface area contributed by atoms with Crippen LogP contribution in [0.4, 0.5) is 17.1 Å². The van der Waals surface area contributed by atoms with Crippen molar-refractivity contribution >= 4 is 45.9 Å². The highest BCUT2D eigenvalue weighted by Crippen LogP contribution is 2.57. The minimum atomic E-state index is -2.80. The van der Waals surface area contributed by atoms with E-state index < -0.39 is 13.5 Å². The SMILES string of the molecule is CC1(c2ccccc2)c2ccccc2-c2ccc(N(c3ccc(-c4ccc5c(c4)C(c4ccccc4)(c4ccccc4)c4ccccc4-5)cc3)c3cccc([Si]4(c5ccccc5)c5ccccc5-c5ccccc54)c3)cc21. The van der Waals surface area contributed by atoms with E-state index in [1.54, 1.807) is 0 Å². The van der Waals surface area contributed by atoms with Gasteiger partial charge in [-0.05, 0) is 154 Å². The number of rotatable bonds is 9. The molecular weight excluding hydrogens is 943 g/mol. The fourth-order valence-electron chi connectivity index (χ4n) is 14.2. The van der Waals surface area contributed by atoms with Crippen molar-refractivity contribution in [3.8, 4) is 44.5 Å². The van der Waals surface area contributed by atoms with Gasteiger partial charge in [0.05, 0.1) is 5.41 Å². The maximum absolute atomic E-state index is 2.80. The Morgan fingerprint density at radius 1 is 0.273 bits per heavy atom. The van der Waals surface area contributed by atoms with Gasteiger partial charge >= 0.3 is 0 Å². The molecule has 362 valence electrons. The largest absolute Gasteiger partial charge is 0.310 e. The average molecular weight is 996 g/mol. The molecule has 0 saturated heterocycles. The Morgan fingerprint density at radius 3 is 1.35 bits per heavy atom. The van der Waals surface area contributed by atoms with Gasteiger partial charge in [0.1, 0.15) is 0 Å². The summed E-state index contributed by atoms with van der Waals surface area (Å²) in [6, 6.07) is 114. The third kappa shape index (κ3) is 6.52. The number of hydrogen-bond donors (Lipinski definition) is 0. The lowest BCUT2D eigenvalue weighted by molar-refractivity contribution is 0.714. The molecule has 12 aromatic rings. The maximum atomic E-state index is 2.52. The van der Waals surface area contributed by atoms with E-state index in [1.807, 2.05) is 0 Å². The van der Waals surface area contributed by atoms with Crippen LogP contribution in [0.2, 0.25) is 0 Å². The predicted molar refractivity (Wildman–Crippen MR) is 324 cm³/mol. The second kappa shape index (κ2) is 17.6. The molecule has 2 aliphatic carbocycles. The molecule has 1 unspecified atom stereocenters. The quantitative estimate of drug-likeness (QED) is 0.130. The van der Waals surface area contributed by atoms with Crippen molar-refractivity contribution in [3.63, 3.8) is 0 Å². The van der Waals surface area contributed by atoms with E-state index in [0.29, 0.717) is 0 Å². The van der Waals surface area contributed by atoms with Crippen molar-refractivity contribution in [2.24, 2.45) is 0 Å². The molecule has 0 spiro atoms. The van der Waals surface area contributed by atoms with Crippen molar-refractivity contribution in [3.05, 3.63) is 342 Å². The van der Waals surface area contributed by atoms with Crippen molar-refractivity contribution < 1.29 is 0 Å². The van der Waals surface area contributed by atoms with Gasteiger partial charge in [-0.1, -0.05) is 261 Å². The van der Waals surface area contributed by atoms with Crippen LogP contribution in [0.5, 0.6) is 0 Å². The first-order valence-corrected chi connectivity index (χ1v) is 29.0. The van der Waals surface area contributed by atoms with E-state index in [1.165, 1.54) is 104 Å². The summed E-state index contributed by atoms with van der Waals surface area (Å²) in [7, 11) is -2.80. The maximum Gasteiger partial charge on any atom is 0.180 e. The third-order valence-corrected chi connectivity index (χ3v) is 22.4. The van der Waals surface area contributed by atoms with Gasteiger partial charge in [-0.3, -0.25) is 0 Å². The molecule has 77 heavy (non-hydrogen) atoms. The Balaban J connectivity index is 0.923. The van der Waals surface area contributed by atoms with E-state index in [9.17, 15) is 0 Å². The molecule has 0 aromatic heterocycles. The minimum Gasteiger partial charge on any atom is -0.310 e. The fraction of sp³-hybridized carbons (Fsp3) is 0.0400. The molecule has 1 atom stereocenters. The Morgan fingerprint density at radius 2 is 0.714 bits per heavy atom. The van der Waals surface area contributed by atoms with Gasteiger partial charge < -0.3 is 4.90 Å². The van der Waals surface area contributed by atoms with E-state index in [4.69, 9.17) is 0 Å². The molecule has 12 aromatic carbocycles. The molecule has 1 heterocycles. The molecule has 0 saturated carbocycles. The summed E-state index contributed by atoms with van der Waals surface area (Å²) in [6.45, 7) is 2.42. The number of hydrogen-bond acceptors (Lipinski definition) is 1. The average Bonchev–Trinajstić information content (AvgIpc) is 4.10. The Hall–Kier alpha value is -9.34. The minimum absolute atomic E-state index is 0.357.